The normalized spacial score (nSPS) is 13.0. The molecule has 0 spiro atoms. The molecule has 0 saturated heterocycles. The topological polar surface area (TPSA) is 96.1 Å². The van der Waals surface area contributed by atoms with Crippen LogP contribution in [0.25, 0.3) is 0 Å². The van der Waals surface area contributed by atoms with Gasteiger partial charge in [-0.3, -0.25) is 9.99 Å². The highest BCUT2D eigenvalue weighted by atomic mass is 31.0. The van der Waals surface area contributed by atoms with E-state index in [4.69, 9.17) is 13.3 Å². The smallest absolute Gasteiger partial charge is 0.374 e. The number of nitrogens with one attached hydrogen (secondary N) is 4. The molecule has 2 unspecified atom stereocenters. The van der Waals surface area contributed by atoms with Gasteiger partial charge >= 0.3 is 14.8 Å². The fourth-order valence-corrected chi connectivity index (χ4v) is 5.47. The Morgan fingerprint density at radius 1 is 1.04 bits per heavy atom. The van der Waals surface area contributed by atoms with E-state index in [-0.39, 0.29) is 12.2 Å². The molecule has 0 aliphatic carbocycles. The third-order valence-electron chi connectivity index (χ3n) is 3.88. The molecule has 4 N–H and O–H groups in total. The quantitative estimate of drug-likeness (QED) is 0.109. The molecule has 0 aliphatic rings. The molecule has 0 aromatic rings. The lowest BCUT2D eigenvalue weighted by Crippen LogP contribution is -2.49. The van der Waals surface area contributed by atoms with E-state index in [2.05, 4.69) is 35.3 Å². The molecule has 0 radical (unpaired) electrons. The lowest BCUT2D eigenvalue weighted by molar-refractivity contribution is 0.0708. The van der Waals surface area contributed by atoms with Crippen molar-refractivity contribution in [3.05, 3.63) is 0 Å². The summed E-state index contributed by atoms with van der Waals surface area (Å²) in [6.45, 7) is 13.6. The number of hydrogen-bond donors (Lipinski definition) is 4. The SMILES string of the molecule is CCO[Si](CCCNC(=O)NC(C)NCCN(P)CCNC)(OCC)OCC. The van der Waals surface area contributed by atoms with Crippen LogP contribution in [-0.2, 0) is 13.3 Å². The van der Waals surface area contributed by atoms with Gasteiger partial charge in [0.1, 0.15) is 0 Å². The maximum Gasteiger partial charge on any atom is 0.500 e. The minimum atomic E-state index is -2.63. The van der Waals surface area contributed by atoms with Crippen molar-refractivity contribution in [1.29, 1.82) is 0 Å². The van der Waals surface area contributed by atoms with Crippen molar-refractivity contribution < 1.29 is 18.1 Å². The maximum absolute atomic E-state index is 12.0. The van der Waals surface area contributed by atoms with Crippen LogP contribution in [0, 0.1) is 0 Å². The van der Waals surface area contributed by atoms with Gasteiger partial charge in [-0.15, -0.1) is 0 Å². The molecular weight excluding hydrogens is 397 g/mol. The van der Waals surface area contributed by atoms with E-state index < -0.39 is 8.80 Å². The van der Waals surface area contributed by atoms with Crippen molar-refractivity contribution in [3.8, 4) is 0 Å². The molecule has 0 heterocycles. The molecule has 168 valence electrons. The summed E-state index contributed by atoms with van der Waals surface area (Å²) in [6.07, 6.45) is 0.640. The Morgan fingerprint density at radius 3 is 2.14 bits per heavy atom. The summed E-state index contributed by atoms with van der Waals surface area (Å²) < 4.78 is 19.6. The highest BCUT2D eigenvalue weighted by molar-refractivity contribution is 7.13. The second kappa shape index (κ2) is 17.5. The standard InChI is InChI=1S/C17H42N5O4PSi/c1-6-24-28(25-7-2,26-8-3)15-9-10-20-17(23)21-16(4)19-12-14-22(27)13-11-18-5/h16,18-19H,6-15,27H2,1-5H3,(H2,20,21,23). The Morgan fingerprint density at radius 2 is 1.61 bits per heavy atom. The third-order valence-corrected chi connectivity index (χ3v) is 7.55. The number of hydrogen-bond acceptors (Lipinski definition) is 7. The molecule has 0 bridgehead atoms. The summed E-state index contributed by atoms with van der Waals surface area (Å²) in [7, 11) is 2.02. The van der Waals surface area contributed by atoms with Crippen LogP contribution in [0.3, 0.4) is 0 Å². The Balaban J connectivity index is 4.03. The first-order valence-corrected chi connectivity index (χ1v) is 12.7. The van der Waals surface area contributed by atoms with E-state index in [0.29, 0.717) is 32.4 Å². The van der Waals surface area contributed by atoms with Gasteiger partial charge in [0.15, 0.2) is 0 Å². The lowest BCUT2D eigenvalue weighted by atomic mass is 10.4. The number of likely N-dealkylation sites (N-methyl/N-ethyl adjacent to an activating group) is 1. The van der Waals surface area contributed by atoms with Crippen molar-refractivity contribution >= 4 is 24.2 Å². The van der Waals surface area contributed by atoms with Crippen LogP contribution in [0.1, 0.15) is 34.1 Å². The minimum Gasteiger partial charge on any atom is -0.374 e. The van der Waals surface area contributed by atoms with Gasteiger partial charge in [0.25, 0.3) is 0 Å². The van der Waals surface area contributed by atoms with E-state index >= 15 is 0 Å². The fourth-order valence-electron chi connectivity index (χ4n) is 2.60. The molecule has 2 amide bonds. The van der Waals surface area contributed by atoms with Crippen LogP contribution in [0.2, 0.25) is 6.04 Å². The zero-order valence-electron chi connectivity index (χ0n) is 18.3. The second-order valence-electron chi connectivity index (χ2n) is 6.30. The average molecular weight is 440 g/mol. The molecule has 28 heavy (non-hydrogen) atoms. The molecule has 2 atom stereocenters. The van der Waals surface area contributed by atoms with Gasteiger partial charge in [0.2, 0.25) is 0 Å². The van der Waals surface area contributed by atoms with Crippen molar-refractivity contribution in [1.82, 2.24) is 25.9 Å². The Hall–Kier alpha value is -0.323. The lowest BCUT2D eigenvalue weighted by Gasteiger charge is -2.28. The van der Waals surface area contributed by atoms with E-state index in [1.54, 1.807) is 0 Å². The molecule has 0 rings (SSSR count). The predicted octanol–water partition coefficient (Wildman–Crippen LogP) is 0.971. The monoisotopic (exact) mass is 439 g/mol. The summed E-state index contributed by atoms with van der Waals surface area (Å²) in [5.74, 6) is 0. The van der Waals surface area contributed by atoms with Crippen molar-refractivity contribution in [3.63, 3.8) is 0 Å². The summed E-state index contributed by atoms with van der Waals surface area (Å²) >= 11 is 0. The number of carbonyl (C=O) groups is 1. The van der Waals surface area contributed by atoms with Gasteiger partial charge < -0.3 is 29.2 Å². The molecular formula is C17H42N5O4PSi. The number of urea groups is 1. The zero-order valence-corrected chi connectivity index (χ0v) is 20.5. The number of rotatable bonds is 18. The van der Waals surface area contributed by atoms with Crippen LogP contribution in [-0.4, -0.2) is 85.3 Å². The van der Waals surface area contributed by atoms with Crippen LogP contribution in [0.4, 0.5) is 4.79 Å². The van der Waals surface area contributed by atoms with Gasteiger partial charge in [0, 0.05) is 58.6 Å². The Kier molecular flexibility index (Phi) is 17.3. The minimum absolute atomic E-state index is 0.105. The van der Waals surface area contributed by atoms with Crippen molar-refractivity contribution in [2.45, 2.75) is 46.3 Å². The first-order chi connectivity index (χ1) is 13.4. The Labute approximate surface area is 174 Å². The zero-order chi connectivity index (χ0) is 21.3. The maximum atomic E-state index is 12.0. The first kappa shape index (κ1) is 27.7. The predicted molar refractivity (Wildman–Crippen MR) is 119 cm³/mol. The van der Waals surface area contributed by atoms with Gasteiger partial charge in [0.05, 0.1) is 6.17 Å². The molecule has 0 fully saturated rings. The van der Waals surface area contributed by atoms with Gasteiger partial charge in [-0.1, -0.05) is 9.39 Å². The molecule has 11 heteroatoms. The number of carbonyl (C=O) groups excluding carboxylic acids is 1. The largest absolute Gasteiger partial charge is 0.500 e. The summed E-state index contributed by atoms with van der Waals surface area (Å²) in [6, 6.07) is 0.502. The van der Waals surface area contributed by atoms with Crippen LogP contribution < -0.4 is 21.3 Å². The molecule has 0 aromatic heterocycles. The van der Waals surface area contributed by atoms with E-state index in [1.165, 1.54) is 0 Å². The van der Waals surface area contributed by atoms with Gasteiger partial charge in [-0.25, -0.2) is 4.79 Å². The summed E-state index contributed by atoms with van der Waals surface area (Å²) in [4.78, 5) is 12.0. The van der Waals surface area contributed by atoms with Crippen molar-refractivity contribution in [2.75, 3.05) is 59.6 Å². The Bertz CT molecular complexity index is 382. The van der Waals surface area contributed by atoms with Crippen LogP contribution >= 0.6 is 9.39 Å². The summed E-state index contributed by atoms with van der Waals surface area (Å²) in [5.41, 5.74) is 0. The van der Waals surface area contributed by atoms with Crippen LogP contribution in [0.15, 0.2) is 0 Å². The number of amides is 2. The highest BCUT2D eigenvalue weighted by Crippen LogP contribution is 2.17. The molecule has 0 saturated carbocycles. The first-order valence-electron chi connectivity index (χ1n) is 10.3. The molecule has 0 aliphatic heterocycles. The third kappa shape index (κ3) is 13.8. The molecule has 0 aromatic carbocycles. The average Bonchev–Trinajstić information content (AvgIpc) is 2.64. The van der Waals surface area contributed by atoms with Gasteiger partial charge in [-0.05, 0) is 41.2 Å². The fraction of sp³-hybridized carbons (Fsp3) is 0.941. The second-order valence-corrected chi connectivity index (χ2v) is 9.76. The van der Waals surface area contributed by atoms with Crippen molar-refractivity contribution in [2.24, 2.45) is 0 Å². The van der Waals surface area contributed by atoms with E-state index in [1.807, 2.05) is 34.7 Å². The van der Waals surface area contributed by atoms with E-state index in [9.17, 15) is 4.79 Å². The van der Waals surface area contributed by atoms with E-state index in [0.717, 1.165) is 32.6 Å². The summed E-state index contributed by atoms with van der Waals surface area (Å²) in [5, 5.41) is 12.2. The van der Waals surface area contributed by atoms with Gasteiger partial charge in [-0.2, -0.15) is 0 Å². The van der Waals surface area contributed by atoms with Crippen LogP contribution in [0.5, 0.6) is 0 Å². The number of nitrogens with zero attached hydrogens (tertiary/aromatic N) is 1. The highest BCUT2D eigenvalue weighted by Gasteiger charge is 2.39. The molecule has 9 nitrogen and oxygen atoms in total.